The fraction of sp³-hybridized carbons (Fsp3) is 0.500. The van der Waals surface area contributed by atoms with Gasteiger partial charge in [0.15, 0.2) is 0 Å². The lowest BCUT2D eigenvalue weighted by Crippen LogP contribution is -2.36. The number of hydrogen-bond acceptors (Lipinski definition) is 6. The summed E-state index contributed by atoms with van der Waals surface area (Å²) < 4.78 is 31.7. The monoisotopic (exact) mass is 366 g/mol. The molecule has 1 aromatic carbocycles. The fourth-order valence-electron chi connectivity index (χ4n) is 2.79. The molecule has 1 aromatic heterocycles. The van der Waals surface area contributed by atoms with Gasteiger partial charge in [0.05, 0.1) is 4.90 Å². The number of anilines is 1. The van der Waals surface area contributed by atoms with Crippen molar-refractivity contribution in [3.8, 4) is 0 Å². The minimum atomic E-state index is -3.44. The zero-order valence-electron chi connectivity index (χ0n) is 13.7. The number of nitrogens with zero attached hydrogens (tertiary/aromatic N) is 3. The van der Waals surface area contributed by atoms with Gasteiger partial charge in [0.25, 0.3) is 0 Å². The number of piperidine rings is 1. The first-order chi connectivity index (χ1) is 11.6. The van der Waals surface area contributed by atoms with E-state index in [1.807, 2.05) is 19.1 Å². The van der Waals surface area contributed by atoms with Crippen molar-refractivity contribution in [1.82, 2.24) is 13.7 Å². The highest BCUT2D eigenvalue weighted by molar-refractivity contribution is 7.89. The molecule has 0 amide bonds. The van der Waals surface area contributed by atoms with E-state index in [-0.39, 0.29) is 0 Å². The lowest BCUT2D eigenvalue weighted by molar-refractivity contribution is 0.346. The predicted octanol–water partition coefficient (Wildman–Crippen LogP) is 2.89. The van der Waals surface area contributed by atoms with Crippen LogP contribution in [0.1, 0.15) is 37.6 Å². The summed E-state index contributed by atoms with van der Waals surface area (Å²) in [4.78, 5) is 4.75. The molecule has 0 saturated carbocycles. The van der Waals surface area contributed by atoms with Gasteiger partial charge in [-0.2, -0.15) is 8.68 Å². The first-order valence-electron chi connectivity index (χ1n) is 8.26. The first-order valence-corrected chi connectivity index (χ1v) is 10.5. The quantitative estimate of drug-likeness (QED) is 0.851. The van der Waals surface area contributed by atoms with E-state index in [1.54, 1.807) is 16.4 Å². The minimum Gasteiger partial charge on any atom is -0.356 e. The zero-order valence-corrected chi connectivity index (χ0v) is 15.4. The Kier molecular flexibility index (Phi) is 5.47. The zero-order chi connectivity index (χ0) is 17.0. The highest BCUT2D eigenvalue weighted by Gasteiger charge is 2.27. The summed E-state index contributed by atoms with van der Waals surface area (Å²) in [6, 6.07) is 7.19. The Hall–Kier alpha value is -1.51. The van der Waals surface area contributed by atoms with Gasteiger partial charge < -0.3 is 5.32 Å². The molecular weight excluding hydrogens is 344 g/mol. The molecule has 0 radical (unpaired) electrons. The molecule has 0 bridgehead atoms. The second-order valence-electron chi connectivity index (χ2n) is 5.80. The number of aryl methyl sites for hydroxylation is 1. The number of aromatic nitrogens is 2. The summed E-state index contributed by atoms with van der Waals surface area (Å²) in [5.41, 5.74) is 0.760. The Labute approximate surface area is 147 Å². The molecule has 1 aliphatic heterocycles. The summed E-state index contributed by atoms with van der Waals surface area (Å²) in [6.45, 7) is 3.65. The standard InChI is InChI=1S/C16H22N4O2S2/c1-2-15-18-16(23-19-15)17-12-13-8-4-5-9-14(13)24(21,22)20-10-6-3-7-11-20/h4-5,8-9H,2-3,6-7,10-12H2,1H3,(H,17,18,19). The van der Waals surface area contributed by atoms with Gasteiger partial charge in [-0.1, -0.05) is 31.5 Å². The van der Waals surface area contributed by atoms with Gasteiger partial charge in [-0.3, -0.25) is 0 Å². The van der Waals surface area contributed by atoms with Crippen molar-refractivity contribution in [3.05, 3.63) is 35.7 Å². The van der Waals surface area contributed by atoms with Crippen LogP contribution < -0.4 is 5.32 Å². The number of sulfonamides is 1. The largest absolute Gasteiger partial charge is 0.356 e. The highest BCUT2D eigenvalue weighted by Crippen LogP contribution is 2.24. The third kappa shape index (κ3) is 3.76. The molecule has 0 spiro atoms. The van der Waals surface area contributed by atoms with E-state index in [4.69, 9.17) is 0 Å². The van der Waals surface area contributed by atoms with Gasteiger partial charge in [0, 0.05) is 37.6 Å². The van der Waals surface area contributed by atoms with Crippen LogP contribution in [-0.2, 0) is 23.0 Å². The summed E-state index contributed by atoms with van der Waals surface area (Å²) in [5.74, 6) is 0.803. The molecule has 0 unspecified atom stereocenters. The van der Waals surface area contributed by atoms with Crippen LogP contribution in [0.15, 0.2) is 29.2 Å². The van der Waals surface area contributed by atoms with Gasteiger partial charge >= 0.3 is 0 Å². The average Bonchev–Trinajstić information content (AvgIpc) is 3.09. The van der Waals surface area contributed by atoms with E-state index in [1.165, 1.54) is 11.5 Å². The molecule has 1 N–H and O–H groups in total. The maximum absolute atomic E-state index is 12.9. The van der Waals surface area contributed by atoms with Crippen LogP contribution in [0, 0.1) is 0 Å². The summed E-state index contributed by atoms with van der Waals surface area (Å²) in [5, 5.41) is 3.91. The van der Waals surface area contributed by atoms with Crippen molar-refractivity contribution >= 4 is 26.7 Å². The second kappa shape index (κ2) is 7.58. The van der Waals surface area contributed by atoms with Crippen LogP contribution in [0.5, 0.6) is 0 Å². The molecular formula is C16H22N4O2S2. The molecule has 0 atom stereocenters. The summed E-state index contributed by atoms with van der Waals surface area (Å²) in [7, 11) is -3.44. The number of rotatable bonds is 6. The molecule has 24 heavy (non-hydrogen) atoms. The predicted molar refractivity (Wildman–Crippen MR) is 95.7 cm³/mol. The Bertz CT molecular complexity index is 783. The molecule has 1 aliphatic rings. The van der Waals surface area contributed by atoms with Gasteiger partial charge in [-0.15, -0.1) is 0 Å². The van der Waals surface area contributed by atoms with Gasteiger partial charge in [0.2, 0.25) is 15.2 Å². The van der Waals surface area contributed by atoms with Crippen LogP contribution in [0.4, 0.5) is 5.13 Å². The first kappa shape index (κ1) is 17.3. The lowest BCUT2D eigenvalue weighted by Gasteiger charge is -2.26. The molecule has 0 aliphatic carbocycles. The van der Waals surface area contributed by atoms with Crippen LogP contribution in [0.3, 0.4) is 0 Å². The van der Waals surface area contributed by atoms with Crippen molar-refractivity contribution in [2.24, 2.45) is 0 Å². The van der Waals surface area contributed by atoms with Crippen molar-refractivity contribution in [1.29, 1.82) is 0 Å². The fourth-order valence-corrected chi connectivity index (χ4v) is 5.17. The lowest BCUT2D eigenvalue weighted by atomic mass is 10.2. The Morgan fingerprint density at radius 3 is 2.67 bits per heavy atom. The van der Waals surface area contributed by atoms with E-state index in [0.29, 0.717) is 24.5 Å². The Balaban J connectivity index is 1.79. The van der Waals surface area contributed by atoms with Crippen molar-refractivity contribution in [2.45, 2.75) is 44.0 Å². The Morgan fingerprint density at radius 2 is 1.96 bits per heavy atom. The SMILES string of the molecule is CCc1nsc(NCc2ccccc2S(=O)(=O)N2CCCCC2)n1. The normalized spacial score (nSPS) is 16.2. The summed E-state index contributed by atoms with van der Waals surface area (Å²) >= 11 is 1.30. The number of nitrogens with one attached hydrogen (secondary N) is 1. The molecule has 8 heteroatoms. The number of hydrogen-bond donors (Lipinski definition) is 1. The van der Waals surface area contributed by atoms with Crippen LogP contribution in [0.2, 0.25) is 0 Å². The maximum atomic E-state index is 12.9. The van der Waals surface area contributed by atoms with Crippen molar-refractivity contribution < 1.29 is 8.42 Å². The average molecular weight is 367 g/mol. The third-order valence-electron chi connectivity index (χ3n) is 4.12. The third-order valence-corrected chi connectivity index (χ3v) is 6.83. The van der Waals surface area contributed by atoms with Crippen LogP contribution in [0.25, 0.3) is 0 Å². The van der Waals surface area contributed by atoms with Gasteiger partial charge in [-0.05, 0) is 24.5 Å². The Morgan fingerprint density at radius 1 is 1.21 bits per heavy atom. The topological polar surface area (TPSA) is 75.2 Å². The summed E-state index contributed by atoms with van der Waals surface area (Å²) in [6.07, 6.45) is 3.76. The van der Waals surface area contributed by atoms with E-state index >= 15 is 0 Å². The second-order valence-corrected chi connectivity index (χ2v) is 8.45. The van der Waals surface area contributed by atoms with E-state index in [2.05, 4.69) is 14.7 Å². The molecule has 3 rings (SSSR count). The maximum Gasteiger partial charge on any atom is 0.243 e. The molecule has 130 valence electrons. The van der Waals surface area contributed by atoms with E-state index in [0.717, 1.165) is 42.2 Å². The smallest absolute Gasteiger partial charge is 0.243 e. The van der Waals surface area contributed by atoms with Gasteiger partial charge in [0.1, 0.15) is 5.82 Å². The number of benzene rings is 1. The minimum absolute atomic E-state index is 0.389. The van der Waals surface area contributed by atoms with E-state index < -0.39 is 10.0 Å². The van der Waals surface area contributed by atoms with Crippen LogP contribution in [-0.4, -0.2) is 35.2 Å². The molecule has 6 nitrogen and oxygen atoms in total. The molecule has 2 aromatic rings. The van der Waals surface area contributed by atoms with Crippen molar-refractivity contribution in [2.75, 3.05) is 18.4 Å². The molecule has 1 saturated heterocycles. The van der Waals surface area contributed by atoms with E-state index in [9.17, 15) is 8.42 Å². The highest BCUT2D eigenvalue weighted by atomic mass is 32.2. The van der Waals surface area contributed by atoms with Gasteiger partial charge in [-0.25, -0.2) is 13.4 Å². The molecule has 2 heterocycles. The molecule has 1 fully saturated rings. The van der Waals surface area contributed by atoms with Crippen LogP contribution >= 0.6 is 11.5 Å². The van der Waals surface area contributed by atoms with Crippen molar-refractivity contribution in [3.63, 3.8) is 0 Å².